The lowest BCUT2D eigenvalue weighted by molar-refractivity contribution is 0.234. The molecule has 0 fully saturated rings. The van der Waals surface area contributed by atoms with E-state index in [4.69, 9.17) is 4.74 Å². The summed E-state index contributed by atoms with van der Waals surface area (Å²) in [5.41, 5.74) is 0. The lowest BCUT2D eigenvalue weighted by atomic mass is 10.3. The molecule has 94 valence electrons. The number of benzene rings is 1. The zero-order valence-corrected chi connectivity index (χ0v) is 11.1. The van der Waals surface area contributed by atoms with E-state index in [-0.39, 0.29) is 11.9 Å². The van der Waals surface area contributed by atoms with Gasteiger partial charge in [0.1, 0.15) is 10.8 Å². The number of hydrogen-bond acceptors (Lipinski definition) is 4. The molecule has 1 aromatic heterocycles. The van der Waals surface area contributed by atoms with E-state index in [0.717, 1.165) is 15.7 Å². The summed E-state index contributed by atoms with van der Waals surface area (Å²) in [6.45, 7) is 3.95. The molecule has 4 heteroatoms. The van der Waals surface area contributed by atoms with Crippen LogP contribution in [0.5, 0.6) is 11.5 Å². The number of phenolic OH excluding ortho intramolecular Hbond substituents is 1. The number of aromatic hydroxyl groups is 1. The van der Waals surface area contributed by atoms with Gasteiger partial charge in [0.2, 0.25) is 0 Å². The van der Waals surface area contributed by atoms with E-state index in [0.29, 0.717) is 0 Å². The van der Waals surface area contributed by atoms with Gasteiger partial charge in [0, 0.05) is 6.20 Å². The maximum absolute atomic E-state index is 9.76. The third kappa shape index (κ3) is 3.17. The van der Waals surface area contributed by atoms with Gasteiger partial charge < -0.3 is 9.84 Å². The van der Waals surface area contributed by atoms with Crippen LogP contribution in [-0.4, -0.2) is 16.2 Å². The fourth-order valence-electron chi connectivity index (χ4n) is 1.44. The zero-order chi connectivity index (χ0) is 13.0. The van der Waals surface area contributed by atoms with Crippen molar-refractivity contribution in [3.63, 3.8) is 0 Å². The van der Waals surface area contributed by atoms with Crippen molar-refractivity contribution in [2.24, 2.45) is 0 Å². The smallest absolute Gasteiger partial charge is 0.152 e. The highest BCUT2D eigenvalue weighted by molar-refractivity contribution is 7.99. The summed E-state index contributed by atoms with van der Waals surface area (Å²) in [6.07, 6.45) is 1.81. The lowest BCUT2D eigenvalue weighted by Crippen LogP contribution is -2.06. The Balaban J connectivity index is 2.26. The van der Waals surface area contributed by atoms with Crippen LogP contribution in [0.25, 0.3) is 0 Å². The molecule has 0 aliphatic rings. The number of hydrogen-bond donors (Lipinski definition) is 1. The Labute approximate surface area is 111 Å². The quantitative estimate of drug-likeness (QED) is 0.910. The second kappa shape index (κ2) is 5.78. The Morgan fingerprint density at radius 3 is 2.67 bits per heavy atom. The number of pyridine rings is 1. The van der Waals surface area contributed by atoms with E-state index in [2.05, 4.69) is 4.98 Å². The molecule has 0 aliphatic heterocycles. The van der Waals surface area contributed by atoms with Gasteiger partial charge in [0.05, 0.1) is 11.0 Å². The van der Waals surface area contributed by atoms with Crippen LogP contribution in [0, 0.1) is 0 Å². The molecule has 18 heavy (non-hydrogen) atoms. The topological polar surface area (TPSA) is 42.4 Å². The van der Waals surface area contributed by atoms with Crippen LogP contribution in [0.3, 0.4) is 0 Å². The summed E-state index contributed by atoms with van der Waals surface area (Å²) < 4.78 is 5.69. The average Bonchev–Trinajstić information content (AvgIpc) is 2.34. The molecule has 1 N–H and O–H groups in total. The van der Waals surface area contributed by atoms with Gasteiger partial charge in [-0.15, -0.1) is 0 Å². The van der Waals surface area contributed by atoms with Crippen LogP contribution >= 0.6 is 11.8 Å². The number of rotatable bonds is 4. The van der Waals surface area contributed by atoms with Crippen molar-refractivity contribution < 1.29 is 9.84 Å². The predicted octanol–water partition coefficient (Wildman–Crippen LogP) is 3.73. The number of nitrogens with zero attached hydrogens (tertiary/aromatic N) is 1. The van der Waals surface area contributed by atoms with Crippen LogP contribution in [0.4, 0.5) is 0 Å². The highest BCUT2D eigenvalue weighted by Crippen LogP contribution is 2.37. The van der Waals surface area contributed by atoms with Crippen LogP contribution < -0.4 is 4.74 Å². The minimum Gasteiger partial charge on any atom is -0.507 e. The fourth-order valence-corrected chi connectivity index (χ4v) is 2.30. The Morgan fingerprint density at radius 1 is 1.17 bits per heavy atom. The summed E-state index contributed by atoms with van der Waals surface area (Å²) in [5.74, 6) is 0.990. The Bertz CT molecular complexity index is 529. The van der Waals surface area contributed by atoms with E-state index in [1.807, 2.05) is 38.1 Å². The molecular formula is C14H15NO2S. The minimum absolute atomic E-state index is 0.0953. The Hall–Kier alpha value is -1.68. The normalized spacial score (nSPS) is 10.6. The Morgan fingerprint density at radius 2 is 1.94 bits per heavy atom. The van der Waals surface area contributed by atoms with E-state index >= 15 is 0 Å². The van der Waals surface area contributed by atoms with E-state index in [1.165, 1.54) is 11.8 Å². The number of para-hydroxylation sites is 1. The molecule has 0 saturated heterocycles. The minimum atomic E-state index is 0.0953. The molecule has 0 atom stereocenters. The number of phenols is 1. The second-order valence-electron chi connectivity index (χ2n) is 4.04. The maximum Gasteiger partial charge on any atom is 0.152 e. The molecular weight excluding hydrogens is 246 g/mol. The fraction of sp³-hybridized carbons (Fsp3) is 0.214. The van der Waals surface area contributed by atoms with E-state index in [9.17, 15) is 5.11 Å². The van der Waals surface area contributed by atoms with Crippen molar-refractivity contribution >= 4 is 11.8 Å². The van der Waals surface area contributed by atoms with E-state index < -0.39 is 0 Å². The summed E-state index contributed by atoms with van der Waals surface area (Å²) in [5, 5.41) is 10.5. The van der Waals surface area contributed by atoms with Crippen LogP contribution in [0.1, 0.15) is 13.8 Å². The van der Waals surface area contributed by atoms with Gasteiger partial charge in [-0.3, -0.25) is 0 Å². The van der Waals surface area contributed by atoms with Gasteiger partial charge in [0.25, 0.3) is 0 Å². The summed E-state index contributed by atoms with van der Waals surface area (Å²) >= 11 is 1.40. The van der Waals surface area contributed by atoms with Crippen LogP contribution in [0.15, 0.2) is 52.5 Å². The van der Waals surface area contributed by atoms with Crippen molar-refractivity contribution in [1.29, 1.82) is 0 Å². The molecule has 0 amide bonds. The first kappa shape index (κ1) is 12.8. The summed E-state index contributed by atoms with van der Waals surface area (Å²) in [7, 11) is 0. The van der Waals surface area contributed by atoms with E-state index in [1.54, 1.807) is 18.3 Å². The van der Waals surface area contributed by atoms with Crippen LogP contribution in [0.2, 0.25) is 0 Å². The first-order valence-corrected chi connectivity index (χ1v) is 6.56. The largest absolute Gasteiger partial charge is 0.507 e. The van der Waals surface area contributed by atoms with Crippen molar-refractivity contribution in [2.75, 3.05) is 0 Å². The number of aromatic nitrogens is 1. The summed E-state index contributed by atoms with van der Waals surface area (Å²) in [4.78, 5) is 5.06. The van der Waals surface area contributed by atoms with Gasteiger partial charge in [-0.1, -0.05) is 23.9 Å². The zero-order valence-electron chi connectivity index (χ0n) is 10.3. The first-order chi connectivity index (χ1) is 8.66. The molecule has 0 unspecified atom stereocenters. The second-order valence-corrected chi connectivity index (χ2v) is 5.07. The van der Waals surface area contributed by atoms with Crippen molar-refractivity contribution in [2.45, 2.75) is 29.9 Å². The summed E-state index contributed by atoms with van der Waals surface area (Å²) in [6, 6.07) is 10.9. The van der Waals surface area contributed by atoms with Gasteiger partial charge in [-0.2, -0.15) is 0 Å². The molecule has 1 heterocycles. The molecule has 2 aromatic rings. The SMILES string of the molecule is CC(C)Oc1cccnc1Sc1ccccc1O. The molecule has 2 rings (SSSR count). The molecule has 0 radical (unpaired) electrons. The van der Waals surface area contributed by atoms with Gasteiger partial charge in [-0.25, -0.2) is 4.98 Å². The molecule has 0 bridgehead atoms. The lowest BCUT2D eigenvalue weighted by Gasteiger charge is -2.13. The number of ether oxygens (including phenoxy) is 1. The highest BCUT2D eigenvalue weighted by Gasteiger charge is 2.10. The molecule has 0 spiro atoms. The average molecular weight is 261 g/mol. The molecule has 0 saturated carbocycles. The van der Waals surface area contributed by atoms with Crippen molar-refractivity contribution in [3.8, 4) is 11.5 Å². The molecule has 3 nitrogen and oxygen atoms in total. The third-order valence-electron chi connectivity index (χ3n) is 2.17. The third-order valence-corrected chi connectivity index (χ3v) is 3.24. The highest BCUT2D eigenvalue weighted by atomic mass is 32.2. The monoisotopic (exact) mass is 261 g/mol. The van der Waals surface area contributed by atoms with Gasteiger partial charge in [0.15, 0.2) is 5.75 Å². The van der Waals surface area contributed by atoms with Gasteiger partial charge in [-0.05, 0) is 38.1 Å². The Kier molecular flexibility index (Phi) is 4.10. The van der Waals surface area contributed by atoms with Crippen molar-refractivity contribution in [3.05, 3.63) is 42.6 Å². The van der Waals surface area contributed by atoms with Crippen molar-refractivity contribution in [1.82, 2.24) is 4.98 Å². The molecule has 1 aromatic carbocycles. The van der Waals surface area contributed by atoms with Gasteiger partial charge >= 0.3 is 0 Å². The standard InChI is InChI=1S/C14H15NO2S/c1-10(2)17-12-7-5-9-15-14(12)18-13-8-4-3-6-11(13)16/h3-10,16H,1-2H3. The molecule has 0 aliphatic carbocycles. The maximum atomic E-state index is 9.76. The predicted molar refractivity (Wildman–Crippen MR) is 72.2 cm³/mol. The first-order valence-electron chi connectivity index (χ1n) is 5.74. The van der Waals surface area contributed by atoms with Crippen LogP contribution in [-0.2, 0) is 0 Å².